The van der Waals surface area contributed by atoms with Crippen LogP contribution in [0, 0.1) is 29.1 Å². The molecule has 0 aromatic rings. The maximum absolute atomic E-state index is 2.67. The van der Waals surface area contributed by atoms with Crippen LogP contribution in [0.1, 0.15) is 90.9 Å². The highest BCUT2D eigenvalue weighted by Crippen LogP contribution is 2.54. The van der Waals surface area contributed by atoms with Crippen molar-refractivity contribution in [1.82, 2.24) is 0 Å². The summed E-state index contributed by atoms with van der Waals surface area (Å²) in [6.45, 7) is 5.15. The molecule has 110 valence electrons. The van der Waals surface area contributed by atoms with E-state index < -0.39 is 0 Å². The first kappa shape index (κ1) is 14.0. The van der Waals surface area contributed by atoms with Crippen LogP contribution in [-0.2, 0) is 0 Å². The largest absolute Gasteiger partial charge is 0.0648 e. The van der Waals surface area contributed by atoms with Gasteiger partial charge in [-0.1, -0.05) is 58.8 Å². The van der Waals surface area contributed by atoms with Crippen molar-refractivity contribution in [2.24, 2.45) is 29.1 Å². The third-order valence-corrected chi connectivity index (χ3v) is 7.52. The van der Waals surface area contributed by atoms with Crippen molar-refractivity contribution in [1.29, 1.82) is 0 Å². The van der Waals surface area contributed by atoms with Crippen molar-refractivity contribution in [3.05, 3.63) is 0 Å². The van der Waals surface area contributed by atoms with Gasteiger partial charge in [0.2, 0.25) is 0 Å². The molecule has 0 saturated heterocycles. The van der Waals surface area contributed by atoms with Crippen molar-refractivity contribution < 1.29 is 0 Å². The summed E-state index contributed by atoms with van der Waals surface area (Å²) < 4.78 is 0. The highest BCUT2D eigenvalue weighted by Gasteiger charge is 2.44. The van der Waals surface area contributed by atoms with Gasteiger partial charge in [0.15, 0.2) is 0 Å². The second kappa shape index (κ2) is 5.78. The Morgan fingerprint density at radius 2 is 1.47 bits per heavy atom. The van der Waals surface area contributed by atoms with E-state index in [-0.39, 0.29) is 0 Å². The van der Waals surface area contributed by atoms with E-state index in [1.165, 1.54) is 44.9 Å². The van der Waals surface area contributed by atoms with Crippen molar-refractivity contribution >= 4 is 0 Å². The van der Waals surface area contributed by atoms with E-state index in [0.29, 0.717) is 5.41 Å². The van der Waals surface area contributed by atoms with Gasteiger partial charge in [-0.3, -0.25) is 0 Å². The minimum absolute atomic E-state index is 0.675. The molecule has 4 atom stereocenters. The molecule has 0 N–H and O–H groups in total. The van der Waals surface area contributed by atoms with Gasteiger partial charge in [-0.2, -0.15) is 0 Å². The van der Waals surface area contributed by atoms with Gasteiger partial charge in [-0.25, -0.2) is 0 Å². The molecular weight excluding hydrogens is 228 g/mol. The molecule has 0 heterocycles. The normalized spacial score (nSPS) is 39.8. The summed E-state index contributed by atoms with van der Waals surface area (Å²) in [5.74, 6) is 4.35. The Morgan fingerprint density at radius 1 is 0.737 bits per heavy atom. The monoisotopic (exact) mass is 262 g/mol. The van der Waals surface area contributed by atoms with Crippen LogP contribution in [0.4, 0.5) is 0 Å². The fourth-order valence-corrected chi connectivity index (χ4v) is 5.97. The molecule has 0 nitrogen and oxygen atoms in total. The molecule has 0 aromatic heterocycles. The zero-order valence-electron chi connectivity index (χ0n) is 13.3. The lowest BCUT2D eigenvalue weighted by molar-refractivity contribution is 0.0128. The third kappa shape index (κ3) is 2.61. The summed E-state index contributed by atoms with van der Waals surface area (Å²) >= 11 is 0. The fraction of sp³-hybridized carbons (Fsp3) is 1.00. The van der Waals surface area contributed by atoms with Gasteiger partial charge in [0.05, 0.1) is 0 Å². The van der Waals surface area contributed by atoms with E-state index in [1.54, 1.807) is 32.1 Å². The number of hydrogen-bond donors (Lipinski definition) is 0. The molecule has 3 fully saturated rings. The van der Waals surface area contributed by atoms with Crippen LogP contribution in [0.25, 0.3) is 0 Å². The Morgan fingerprint density at radius 3 is 2.21 bits per heavy atom. The molecule has 19 heavy (non-hydrogen) atoms. The van der Waals surface area contributed by atoms with Gasteiger partial charge in [0, 0.05) is 0 Å². The highest BCUT2D eigenvalue weighted by atomic mass is 14.5. The molecule has 0 bridgehead atoms. The molecule has 4 unspecified atom stereocenters. The van der Waals surface area contributed by atoms with Crippen molar-refractivity contribution in [3.8, 4) is 0 Å². The first-order valence-corrected chi connectivity index (χ1v) is 9.24. The van der Waals surface area contributed by atoms with E-state index in [1.807, 2.05) is 0 Å². The van der Waals surface area contributed by atoms with Crippen LogP contribution < -0.4 is 0 Å². The molecule has 3 rings (SSSR count). The standard InChI is InChI=1S/C19H34/c1-3-19(2,17-10-5-4-6-11-17)18-13-12-15-8-7-9-16(15)14-18/h15-18H,3-14H2,1-2H3. The molecule has 0 aromatic carbocycles. The Bertz CT molecular complexity index is 288. The van der Waals surface area contributed by atoms with Crippen molar-refractivity contribution in [3.63, 3.8) is 0 Å². The van der Waals surface area contributed by atoms with Crippen LogP contribution >= 0.6 is 0 Å². The Kier molecular flexibility index (Phi) is 4.25. The van der Waals surface area contributed by atoms with E-state index in [0.717, 1.165) is 23.7 Å². The lowest BCUT2D eigenvalue weighted by Gasteiger charge is -2.49. The van der Waals surface area contributed by atoms with Gasteiger partial charge in [-0.05, 0) is 61.2 Å². The predicted molar refractivity (Wildman–Crippen MR) is 83.1 cm³/mol. The van der Waals surface area contributed by atoms with Crippen LogP contribution in [0.2, 0.25) is 0 Å². The van der Waals surface area contributed by atoms with Crippen molar-refractivity contribution in [2.75, 3.05) is 0 Å². The molecular formula is C19H34. The number of rotatable bonds is 3. The highest BCUT2D eigenvalue weighted by molar-refractivity contribution is 4.95. The van der Waals surface area contributed by atoms with E-state index >= 15 is 0 Å². The average molecular weight is 262 g/mol. The summed E-state index contributed by atoms with van der Waals surface area (Å²) in [6, 6.07) is 0. The quantitative estimate of drug-likeness (QED) is 0.568. The predicted octanol–water partition coefficient (Wildman–Crippen LogP) is 6.20. The Labute approximate surface area is 120 Å². The maximum Gasteiger partial charge on any atom is -0.0272 e. The average Bonchev–Trinajstić information content (AvgIpc) is 2.94. The molecule has 3 aliphatic rings. The Hall–Kier alpha value is 0. The molecule has 0 heteroatoms. The first-order valence-electron chi connectivity index (χ1n) is 9.24. The summed E-state index contributed by atoms with van der Waals surface area (Å²) in [7, 11) is 0. The zero-order valence-corrected chi connectivity index (χ0v) is 13.3. The van der Waals surface area contributed by atoms with Gasteiger partial charge >= 0.3 is 0 Å². The van der Waals surface area contributed by atoms with Crippen LogP contribution in [0.5, 0.6) is 0 Å². The van der Waals surface area contributed by atoms with Gasteiger partial charge in [0.1, 0.15) is 0 Å². The summed E-state index contributed by atoms with van der Waals surface area (Å²) in [5, 5.41) is 0. The van der Waals surface area contributed by atoms with E-state index in [4.69, 9.17) is 0 Å². The molecule has 0 amide bonds. The maximum atomic E-state index is 2.67. The minimum Gasteiger partial charge on any atom is -0.0648 e. The second-order valence-corrected chi connectivity index (χ2v) is 8.16. The van der Waals surface area contributed by atoms with Gasteiger partial charge < -0.3 is 0 Å². The molecule has 0 spiro atoms. The lowest BCUT2D eigenvalue weighted by atomic mass is 9.56. The SMILES string of the molecule is CCC(C)(C1CCCCC1)C1CCC2CCCC2C1. The topological polar surface area (TPSA) is 0 Å². The lowest BCUT2D eigenvalue weighted by Crippen LogP contribution is -2.39. The molecule has 0 aliphatic heterocycles. The molecule has 3 saturated carbocycles. The van der Waals surface area contributed by atoms with Crippen LogP contribution in [0.3, 0.4) is 0 Å². The van der Waals surface area contributed by atoms with Crippen LogP contribution in [0.15, 0.2) is 0 Å². The second-order valence-electron chi connectivity index (χ2n) is 8.16. The van der Waals surface area contributed by atoms with E-state index in [9.17, 15) is 0 Å². The zero-order chi connectivity index (χ0) is 13.3. The first-order chi connectivity index (χ1) is 9.24. The number of fused-ring (bicyclic) bond motifs is 1. The van der Waals surface area contributed by atoms with Crippen molar-refractivity contribution in [2.45, 2.75) is 90.9 Å². The third-order valence-electron chi connectivity index (χ3n) is 7.52. The fourth-order valence-electron chi connectivity index (χ4n) is 5.97. The Balaban J connectivity index is 1.70. The smallest absolute Gasteiger partial charge is 0.0272 e. The number of hydrogen-bond acceptors (Lipinski definition) is 0. The molecule has 0 radical (unpaired) electrons. The minimum atomic E-state index is 0.675. The molecule has 3 aliphatic carbocycles. The van der Waals surface area contributed by atoms with Gasteiger partial charge in [0.25, 0.3) is 0 Å². The summed E-state index contributed by atoms with van der Waals surface area (Å²) in [4.78, 5) is 0. The van der Waals surface area contributed by atoms with Crippen LogP contribution in [-0.4, -0.2) is 0 Å². The van der Waals surface area contributed by atoms with Gasteiger partial charge in [-0.15, -0.1) is 0 Å². The summed E-state index contributed by atoms with van der Waals surface area (Å²) in [5.41, 5.74) is 0.675. The van der Waals surface area contributed by atoms with E-state index in [2.05, 4.69) is 13.8 Å². The summed E-state index contributed by atoms with van der Waals surface area (Å²) in [6.07, 6.45) is 18.4.